The van der Waals surface area contributed by atoms with E-state index in [9.17, 15) is 15.2 Å². The zero-order chi connectivity index (χ0) is 15.5. The Kier molecular flexibility index (Phi) is 3.96. The van der Waals surface area contributed by atoms with Crippen LogP contribution in [0.25, 0.3) is 22.3 Å². The van der Waals surface area contributed by atoms with Crippen LogP contribution in [0.1, 0.15) is 0 Å². The van der Waals surface area contributed by atoms with Crippen molar-refractivity contribution in [1.82, 2.24) is 0 Å². The van der Waals surface area contributed by atoms with Gasteiger partial charge in [0.05, 0.1) is 0 Å². The molecule has 4 heteroatoms. The number of hydrogen-bond acceptors (Lipinski definition) is 3. The molecule has 22 heavy (non-hydrogen) atoms. The second kappa shape index (κ2) is 6.06. The second-order valence-corrected chi connectivity index (χ2v) is 5.06. The summed E-state index contributed by atoms with van der Waals surface area (Å²) in [5.74, 6) is 0.237. The van der Waals surface area contributed by atoms with Crippen molar-refractivity contribution in [2.45, 2.75) is 0 Å². The molecule has 0 bridgehead atoms. The summed E-state index contributed by atoms with van der Waals surface area (Å²) in [6.45, 7) is 0. The summed E-state index contributed by atoms with van der Waals surface area (Å²) in [5.41, 5.74) is 3.82. The van der Waals surface area contributed by atoms with Gasteiger partial charge in [0.1, 0.15) is 5.75 Å². The molecule has 0 aliphatic heterocycles. The normalized spacial score (nSPS) is 10.5. The van der Waals surface area contributed by atoms with E-state index in [1.807, 2.05) is 48.5 Å². The lowest BCUT2D eigenvalue weighted by Gasteiger charge is -2.10. The SMILES string of the molecule is OB(O)c1ccccc1-c1ccc(-c2ccccc2O)cc1. The van der Waals surface area contributed by atoms with Gasteiger partial charge in [0, 0.05) is 5.56 Å². The van der Waals surface area contributed by atoms with Crippen LogP contribution in [0.15, 0.2) is 72.8 Å². The van der Waals surface area contributed by atoms with E-state index in [0.29, 0.717) is 5.46 Å². The Morgan fingerprint density at radius 3 is 1.68 bits per heavy atom. The van der Waals surface area contributed by atoms with Crippen LogP contribution in [0.5, 0.6) is 5.75 Å². The van der Waals surface area contributed by atoms with Gasteiger partial charge in [-0.05, 0) is 28.2 Å². The number of benzene rings is 3. The van der Waals surface area contributed by atoms with Crippen molar-refractivity contribution < 1.29 is 15.2 Å². The van der Waals surface area contributed by atoms with Crippen molar-refractivity contribution in [1.29, 1.82) is 0 Å². The Balaban J connectivity index is 2.01. The van der Waals surface area contributed by atoms with Crippen LogP contribution in [0, 0.1) is 0 Å². The molecule has 0 aromatic heterocycles. The number of rotatable bonds is 3. The summed E-state index contributed by atoms with van der Waals surface area (Å²) in [6.07, 6.45) is 0. The fraction of sp³-hybridized carbons (Fsp3) is 0. The first-order valence-electron chi connectivity index (χ1n) is 7.00. The minimum atomic E-state index is -1.51. The van der Waals surface area contributed by atoms with Gasteiger partial charge >= 0.3 is 7.12 Å². The highest BCUT2D eigenvalue weighted by atomic mass is 16.4. The van der Waals surface area contributed by atoms with Crippen LogP contribution >= 0.6 is 0 Å². The monoisotopic (exact) mass is 290 g/mol. The lowest BCUT2D eigenvalue weighted by molar-refractivity contribution is 0.426. The molecule has 0 fully saturated rings. The molecule has 3 aromatic carbocycles. The van der Waals surface area contributed by atoms with E-state index in [1.54, 1.807) is 24.3 Å². The largest absolute Gasteiger partial charge is 0.507 e. The highest BCUT2D eigenvalue weighted by Crippen LogP contribution is 2.30. The van der Waals surface area contributed by atoms with Gasteiger partial charge in [0.25, 0.3) is 0 Å². The summed E-state index contributed by atoms with van der Waals surface area (Å²) < 4.78 is 0. The molecule has 3 N–H and O–H groups in total. The molecule has 0 unspecified atom stereocenters. The average Bonchev–Trinajstić information content (AvgIpc) is 2.55. The number of phenolic OH excluding ortho intramolecular Hbond substituents is 1. The van der Waals surface area contributed by atoms with Crippen molar-refractivity contribution in [3.05, 3.63) is 72.8 Å². The zero-order valence-corrected chi connectivity index (χ0v) is 11.8. The van der Waals surface area contributed by atoms with Crippen LogP contribution in [0.4, 0.5) is 0 Å². The van der Waals surface area contributed by atoms with Gasteiger partial charge in [-0.3, -0.25) is 0 Å². The lowest BCUT2D eigenvalue weighted by atomic mass is 9.75. The Hall–Kier alpha value is -2.56. The van der Waals surface area contributed by atoms with Gasteiger partial charge in [-0.15, -0.1) is 0 Å². The molecular formula is C18H15BO3. The van der Waals surface area contributed by atoms with Gasteiger partial charge in [-0.1, -0.05) is 66.7 Å². The van der Waals surface area contributed by atoms with E-state index >= 15 is 0 Å². The molecule has 0 saturated carbocycles. The standard InChI is InChI=1S/C18H15BO3/c20-18-8-4-2-6-16(18)14-11-9-13(10-12-14)15-5-1-3-7-17(15)19(21)22/h1-12,20-22H. The van der Waals surface area contributed by atoms with E-state index in [0.717, 1.165) is 22.3 Å². The van der Waals surface area contributed by atoms with Crippen LogP contribution in [0.3, 0.4) is 0 Å². The molecular weight excluding hydrogens is 275 g/mol. The molecule has 0 aliphatic carbocycles. The minimum absolute atomic E-state index is 0.237. The molecule has 3 nitrogen and oxygen atoms in total. The summed E-state index contributed by atoms with van der Waals surface area (Å²) in [5, 5.41) is 28.8. The van der Waals surface area contributed by atoms with E-state index in [2.05, 4.69) is 0 Å². The van der Waals surface area contributed by atoms with Crippen LogP contribution in [0.2, 0.25) is 0 Å². The maximum Gasteiger partial charge on any atom is 0.489 e. The van der Waals surface area contributed by atoms with Crippen molar-refractivity contribution >= 4 is 12.6 Å². The molecule has 3 rings (SSSR count). The number of phenols is 1. The third kappa shape index (κ3) is 2.75. The van der Waals surface area contributed by atoms with Crippen molar-refractivity contribution in [3.8, 4) is 28.0 Å². The van der Waals surface area contributed by atoms with Gasteiger partial charge in [0.2, 0.25) is 0 Å². The Labute approximate surface area is 129 Å². The van der Waals surface area contributed by atoms with Crippen LogP contribution < -0.4 is 5.46 Å². The summed E-state index contributed by atoms with van der Waals surface area (Å²) in [4.78, 5) is 0. The highest BCUT2D eigenvalue weighted by Gasteiger charge is 2.16. The number of para-hydroxylation sites is 1. The maximum atomic E-state index is 9.90. The zero-order valence-electron chi connectivity index (χ0n) is 11.8. The number of hydrogen-bond donors (Lipinski definition) is 3. The summed E-state index contributed by atoms with van der Waals surface area (Å²) in [6, 6.07) is 22.0. The van der Waals surface area contributed by atoms with E-state index in [4.69, 9.17) is 0 Å². The third-order valence-corrected chi connectivity index (χ3v) is 3.65. The van der Waals surface area contributed by atoms with Gasteiger partial charge in [-0.2, -0.15) is 0 Å². The Morgan fingerprint density at radius 1 is 0.591 bits per heavy atom. The number of aromatic hydroxyl groups is 1. The molecule has 108 valence electrons. The first-order valence-corrected chi connectivity index (χ1v) is 7.00. The predicted molar refractivity (Wildman–Crippen MR) is 88.8 cm³/mol. The van der Waals surface area contributed by atoms with Crippen molar-refractivity contribution in [2.24, 2.45) is 0 Å². The molecule has 0 atom stereocenters. The van der Waals surface area contributed by atoms with Crippen LogP contribution in [-0.4, -0.2) is 22.3 Å². The van der Waals surface area contributed by atoms with Gasteiger partial charge < -0.3 is 15.2 Å². The lowest BCUT2D eigenvalue weighted by Crippen LogP contribution is -2.31. The fourth-order valence-corrected chi connectivity index (χ4v) is 2.53. The first kappa shape index (κ1) is 14.4. The molecule has 0 aliphatic rings. The highest BCUT2D eigenvalue weighted by molar-refractivity contribution is 6.60. The Morgan fingerprint density at radius 2 is 1.09 bits per heavy atom. The minimum Gasteiger partial charge on any atom is -0.507 e. The van der Waals surface area contributed by atoms with Crippen molar-refractivity contribution in [2.75, 3.05) is 0 Å². The second-order valence-electron chi connectivity index (χ2n) is 5.06. The maximum absolute atomic E-state index is 9.90. The fourth-order valence-electron chi connectivity index (χ4n) is 2.53. The average molecular weight is 290 g/mol. The van der Waals surface area contributed by atoms with Crippen LogP contribution in [-0.2, 0) is 0 Å². The summed E-state index contributed by atoms with van der Waals surface area (Å²) in [7, 11) is -1.51. The molecule has 0 heterocycles. The smallest absolute Gasteiger partial charge is 0.489 e. The summed E-state index contributed by atoms with van der Waals surface area (Å²) >= 11 is 0. The van der Waals surface area contributed by atoms with Gasteiger partial charge in [0.15, 0.2) is 0 Å². The Bertz CT molecular complexity index is 782. The molecule has 0 radical (unpaired) electrons. The first-order chi connectivity index (χ1) is 10.7. The van der Waals surface area contributed by atoms with E-state index < -0.39 is 7.12 Å². The molecule has 0 spiro atoms. The molecule has 0 amide bonds. The van der Waals surface area contributed by atoms with Crippen molar-refractivity contribution in [3.63, 3.8) is 0 Å². The van der Waals surface area contributed by atoms with E-state index in [-0.39, 0.29) is 5.75 Å². The molecule has 3 aromatic rings. The predicted octanol–water partition coefficient (Wildman–Crippen LogP) is 2.41. The van der Waals surface area contributed by atoms with E-state index in [1.165, 1.54) is 0 Å². The third-order valence-electron chi connectivity index (χ3n) is 3.65. The topological polar surface area (TPSA) is 60.7 Å². The quantitative estimate of drug-likeness (QED) is 0.649. The molecule has 0 saturated heterocycles. The van der Waals surface area contributed by atoms with Gasteiger partial charge in [-0.25, -0.2) is 0 Å².